The molecule has 0 spiro atoms. The molecule has 0 atom stereocenters. The van der Waals surface area contributed by atoms with Crippen LogP contribution in [0.5, 0.6) is 0 Å². The van der Waals surface area contributed by atoms with E-state index in [1.165, 1.54) is 10.9 Å². The molecule has 0 aliphatic heterocycles. The summed E-state index contributed by atoms with van der Waals surface area (Å²) in [6, 6.07) is 12.7. The summed E-state index contributed by atoms with van der Waals surface area (Å²) < 4.78 is 13.4. The summed E-state index contributed by atoms with van der Waals surface area (Å²) in [5, 5.41) is 5.75. The van der Waals surface area contributed by atoms with E-state index in [1.54, 1.807) is 11.8 Å². The number of aromatic nitrogens is 1. The number of benzene rings is 1. The molecule has 1 aromatic heterocycles. The number of aryl methyl sites for hydroxylation is 1. The molecular weight excluding hydrogens is 447 g/mol. The van der Waals surface area contributed by atoms with Crippen LogP contribution in [0.3, 0.4) is 0 Å². The van der Waals surface area contributed by atoms with E-state index in [4.69, 9.17) is 9.47 Å². The second-order valence-corrected chi connectivity index (χ2v) is 6.16. The van der Waals surface area contributed by atoms with Crippen molar-refractivity contribution in [2.45, 2.75) is 20.1 Å². The summed E-state index contributed by atoms with van der Waals surface area (Å²) in [6.45, 7) is 5.87. The molecule has 0 amide bonds. The Labute approximate surface area is 172 Å². The van der Waals surface area contributed by atoms with Crippen LogP contribution < -0.4 is 33.9 Å². The molecule has 1 heterocycles. The standard InChI is InChI=1S/C19H26N2O2S.HI/c1-5-22-19(23-6-2)14-20-18(24-4)13-16-12-11-15-9-7-8-10-17(15)21(16)3;/h7-13,19H,5-6,14H2,1-4H3;1H. The fraction of sp³-hybridized carbons (Fsp3) is 0.421. The molecule has 1 aromatic carbocycles. The fourth-order valence-electron chi connectivity index (χ4n) is 2.54. The number of nitrogens with zero attached hydrogens (tertiary/aromatic N) is 1. The number of fused-ring (bicyclic) bond motifs is 1. The fourth-order valence-corrected chi connectivity index (χ4v) is 3.01. The smallest absolute Gasteiger partial charge is 0.212 e. The van der Waals surface area contributed by atoms with Crippen molar-refractivity contribution in [2.24, 2.45) is 7.05 Å². The van der Waals surface area contributed by atoms with Gasteiger partial charge in [-0.3, -0.25) is 0 Å². The first-order valence-electron chi connectivity index (χ1n) is 8.30. The summed E-state index contributed by atoms with van der Waals surface area (Å²) >= 11 is 1.68. The average Bonchev–Trinajstić information content (AvgIpc) is 2.61. The molecule has 138 valence electrons. The molecule has 0 saturated carbocycles. The zero-order valence-corrected chi connectivity index (χ0v) is 18.3. The normalized spacial score (nSPS) is 11.6. The SMILES string of the molecule is CCOC(CN/C(=C/c1ccc2ccccc2[n+]1C)SC)OCC.[I-]. The van der Waals surface area contributed by atoms with Crippen LogP contribution in [0.2, 0.25) is 0 Å². The minimum atomic E-state index is -0.221. The minimum Gasteiger partial charge on any atom is -1.00 e. The van der Waals surface area contributed by atoms with Gasteiger partial charge in [-0.05, 0) is 32.2 Å². The van der Waals surface area contributed by atoms with Crippen LogP contribution in [0, 0.1) is 0 Å². The zero-order chi connectivity index (χ0) is 17.4. The third-order valence-corrected chi connectivity index (χ3v) is 4.47. The van der Waals surface area contributed by atoms with Crippen LogP contribution in [0.1, 0.15) is 19.5 Å². The Balaban J connectivity index is 0.00000312. The van der Waals surface area contributed by atoms with Gasteiger partial charge in [0.05, 0.1) is 11.6 Å². The number of ether oxygens (including phenoxy) is 2. The van der Waals surface area contributed by atoms with E-state index < -0.39 is 0 Å². The van der Waals surface area contributed by atoms with E-state index in [2.05, 4.69) is 65.7 Å². The van der Waals surface area contributed by atoms with E-state index in [9.17, 15) is 0 Å². The highest BCUT2D eigenvalue weighted by Gasteiger charge is 2.12. The monoisotopic (exact) mass is 474 g/mol. The third kappa shape index (κ3) is 6.44. The summed E-state index contributed by atoms with van der Waals surface area (Å²) in [6.07, 6.45) is 4.00. The van der Waals surface area contributed by atoms with E-state index in [1.807, 2.05) is 13.8 Å². The number of thioether (sulfide) groups is 1. The highest BCUT2D eigenvalue weighted by molar-refractivity contribution is 8.02. The van der Waals surface area contributed by atoms with Crippen molar-refractivity contribution in [3.8, 4) is 0 Å². The molecule has 0 aliphatic carbocycles. The van der Waals surface area contributed by atoms with Gasteiger partial charge in [-0.2, -0.15) is 4.57 Å². The molecule has 1 N–H and O–H groups in total. The van der Waals surface area contributed by atoms with Gasteiger partial charge >= 0.3 is 0 Å². The van der Waals surface area contributed by atoms with Crippen LogP contribution in [0.25, 0.3) is 17.0 Å². The van der Waals surface area contributed by atoms with E-state index >= 15 is 0 Å². The minimum absolute atomic E-state index is 0. The lowest BCUT2D eigenvalue weighted by atomic mass is 10.2. The Bertz CT molecular complexity index is 688. The van der Waals surface area contributed by atoms with Gasteiger partial charge in [-0.25, -0.2) is 0 Å². The van der Waals surface area contributed by atoms with Crippen LogP contribution >= 0.6 is 11.8 Å². The number of hydrogen-bond acceptors (Lipinski definition) is 4. The lowest BCUT2D eigenvalue weighted by Gasteiger charge is -2.18. The van der Waals surface area contributed by atoms with Crippen molar-refractivity contribution < 1.29 is 38.0 Å². The lowest BCUT2D eigenvalue weighted by molar-refractivity contribution is -0.646. The second-order valence-electron chi connectivity index (χ2n) is 5.31. The molecular formula is C19H27IN2O2S. The van der Waals surface area contributed by atoms with Gasteiger partial charge in [0.2, 0.25) is 11.2 Å². The molecule has 0 saturated heterocycles. The maximum absolute atomic E-state index is 5.58. The first-order chi connectivity index (χ1) is 11.7. The van der Waals surface area contributed by atoms with Gasteiger partial charge in [-0.15, -0.1) is 11.8 Å². The second kappa shape index (κ2) is 11.7. The predicted octanol–water partition coefficient (Wildman–Crippen LogP) is 0.318. The van der Waals surface area contributed by atoms with Crippen LogP contribution in [-0.2, 0) is 16.5 Å². The van der Waals surface area contributed by atoms with E-state index in [0.717, 1.165) is 10.7 Å². The molecule has 0 bridgehead atoms. The molecule has 25 heavy (non-hydrogen) atoms. The molecule has 2 aromatic rings. The number of pyridine rings is 1. The number of para-hydroxylation sites is 1. The van der Waals surface area contributed by atoms with Crippen LogP contribution in [0.4, 0.5) is 0 Å². The predicted molar refractivity (Wildman–Crippen MR) is 102 cm³/mol. The quantitative estimate of drug-likeness (QED) is 0.323. The van der Waals surface area contributed by atoms with Crippen molar-refractivity contribution in [2.75, 3.05) is 26.0 Å². The third-order valence-electron chi connectivity index (χ3n) is 3.77. The van der Waals surface area contributed by atoms with Crippen molar-refractivity contribution in [1.82, 2.24) is 5.32 Å². The van der Waals surface area contributed by atoms with Gasteiger partial charge in [0.25, 0.3) is 0 Å². The molecule has 0 radical (unpaired) electrons. The zero-order valence-electron chi connectivity index (χ0n) is 15.3. The number of rotatable bonds is 9. The molecule has 4 nitrogen and oxygen atoms in total. The first-order valence-corrected chi connectivity index (χ1v) is 9.52. The van der Waals surface area contributed by atoms with Gasteiger partial charge in [-0.1, -0.05) is 12.1 Å². The summed E-state index contributed by atoms with van der Waals surface area (Å²) in [7, 11) is 2.09. The topological polar surface area (TPSA) is 34.4 Å². The Kier molecular flexibility index (Phi) is 10.4. The van der Waals surface area contributed by atoms with E-state index in [-0.39, 0.29) is 30.3 Å². The van der Waals surface area contributed by atoms with E-state index in [0.29, 0.717) is 19.8 Å². The molecule has 0 aliphatic rings. The maximum atomic E-state index is 5.58. The van der Waals surface area contributed by atoms with Gasteiger partial charge < -0.3 is 38.8 Å². The Morgan fingerprint density at radius 1 is 1.16 bits per heavy atom. The Morgan fingerprint density at radius 3 is 2.48 bits per heavy atom. The Hall–Kier alpha value is -0.830. The van der Waals surface area contributed by atoms with Crippen molar-refractivity contribution in [1.29, 1.82) is 0 Å². The highest BCUT2D eigenvalue weighted by Crippen LogP contribution is 2.15. The van der Waals surface area contributed by atoms with Gasteiger partial charge in [0, 0.05) is 36.8 Å². The highest BCUT2D eigenvalue weighted by atomic mass is 127. The Morgan fingerprint density at radius 2 is 1.84 bits per heavy atom. The summed E-state index contributed by atoms with van der Waals surface area (Å²) in [5.41, 5.74) is 2.36. The van der Waals surface area contributed by atoms with Crippen LogP contribution in [0.15, 0.2) is 41.4 Å². The maximum Gasteiger partial charge on any atom is 0.212 e. The average molecular weight is 474 g/mol. The molecule has 0 unspecified atom stereocenters. The lowest BCUT2D eigenvalue weighted by Crippen LogP contribution is -3.00. The van der Waals surface area contributed by atoms with Gasteiger partial charge in [0.1, 0.15) is 7.05 Å². The van der Waals surface area contributed by atoms with Gasteiger partial charge in [0.15, 0.2) is 6.29 Å². The number of halogens is 1. The number of nitrogens with one attached hydrogen (secondary N) is 1. The van der Waals surface area contributed by atoms with Crippen molar-refractivity contribution in [3.63, 3.8) is 0 Å². The molecule has 0 fully saturated rings. The molecule has 2 rings (SSSR count). The first kappa shape index (κ1) is 22.2. The summed E-state index contributed by atoms with van der Waals surface area (Å²) in [5.74, 6) is 0. The van der Waals surface area contributed by atoms with Crippen molar-refractivity contribution >= 4 is 28.7 Å². The largest absolute Gasteiger partial charge is 1.00 e. The molecule has 6 heteroatoms. The van der Waals surface area contributed by atoms with Crippen LogP contribution in [-0.4, -0.2) is 32.3 Å². The number of hydrogen-bond donors (Lipinski definition) is 1. The van der Waals surface area contributed by atoms with Crippen molar-refractivity contribution in [3.05, 3.63) is 47.1 Å². The summed E-state index contributed by atoms with van der Waals surface area (Å²) in [4.78, 5) is 0.